The first-order valence-electron chi connectivity index (χ1n) is 7.96. The van der Waals surface area contributed by atoms with Crippen LogP contribution in [0.25, 0.3) is 11.0 Å². The van der Waals surface area contributed by atoms with Gasteiger partial charge in [0.25, 0.3) is 0 Å². The molecule has 1 aromatic heterocycles. The molecule has 3 aromatic rings. The minimum atomic E-state index is -0.111. The van der Waals surface area contributed by atoms with Gasteiger partial charge in [0, 0.05) is 13.1 Å². The first-order valence-corrected chi connectivity index (χ1v) is 7.96. The molecule has 5 heteroatoms. The summed E-state index contributed by atoms with van der Waals surface area (Å²) in [5.74, 6) is 0.0400. The summed E-state index contributed by atoms with van der Waals surface area (Å²) in [6, 6.07) is 17.7. The molecule has 0 spiro atoms. The van der Waals surface area contributed by atoms with Gasteiger partial charge in [-0.3, -0.25) is 14.3 Å². The molecule has 0 atom stereocenters. The molecule has 24 heavy (non-hydrogen) atoms. The number of carbonyl (C=O) groups is 1. The van der Waals surface area contributed by atoms with E-state index in [0.717, 1.165) is 19.5 Å². The number of hydrogen-bond acceptors (Lipinski definition) is 4. The first-order chi connectivity index (χ1) is 11.8. The third kappa shape index (κ3) is 2.47. The van der Waals surface area contributed by atoms with E-state index in [0.29, 0.717) is 11.0 Å². The van der Waals surface area contributed by atoms with Crippen molar-refractivity contribution in [2.75, 3.05) is 13.1 Å². The van der Waals surface area contributed by atoms with Crippen molar-refractivity contribution in [2.45, 2.75) is 13.0 Å². The van der Waals surface area contributed by atoms with Crippen LogP contribution in [-0.2, 0) is 13.0 Å². The number of hydrogen-bond donors (Lipinski definition) is 0. The van der Waals surface area contributed by atoms with Gasteiger partial charge in [0.2, 0.25) is 11.7 Å². The first kappa shape index (κ1) is 14.6. The summed E-state index contributed by atoms with van der Waals surface area (Å²) in [5, 5.41) is 9.31. The van der Waals surface area contributed by atoms with Gasteiger partial charge >= 0.3 is 0 Å². The highest BCUT2D eigenvalue weighted by Crippen LogP contribution is 2.20. The Morgan fingerprint density at radius 2 is 1.88 bits per heavy atom. The zero-order valence-corrected chi connectivity index (χ0v) is 13.1. The van der Waals surface area contributed by atoms with Crippen LogP contribution < -0.4 is 0 Å². The second-order valence-corrected chi connectivity index (χ2v) is 5.99. The summed E-state index contributed by atoms with van der Waals surface area (Å²) in [5.41, 5.74) is 3.99. The number of nitriles is 1. The minimum Gasteiger partial charge on any atom is -0.290 e. The van der Waals surface area contributed by atoms with E-state index < -0.39 is 0 Å². The number of aromatic nitrogens is 2. The molecule has 0 aliphatic carbocycles. The Kier molecular flexibility index (Phi) is 3.60. The summed E-state index contributed by atoms with van der Waals surface area (Å²) in [6.45, 7) is 1.89. The van der Waals surface area contributed by atoms with E-state index in [9.17, 15) is 10.1 Å². The Morgan fingerprint density at radius 3 is 2.71 bits per heavy atom. The normalized spacial score (nSPS) is 14.3. The van der Waals surface area contributed by atoms with Gasteiger partial charge in [-0.2, -0.15) is 5.26 Å². The van der Waals surface area contributed by atoms with Gasteiger partial charge in [0.15, 0.2) is 0 Å². The van der Waals surface area contributed by atoms with Crippen molar-refractivity contribution in [2.24, 2.45) is 0 Å². The Morgan fingerprint density at radius 1 is 1.12 bits per heavy atom. The lowest BCUT2D eigenvalue weighted by atomic mass is 10.00. The van der Waals surface area contributed by atoms with Crippen molar-refractivity contribution in [3.8, 4) is 6.07 Å². The second-order valence-electron chi connectivity index (χ2n) is 5.99. The van der Waals surface area contributed by atoms with Gasteiger partial charge in [-0.1, -0.05) is 36.4 Å². The molecule has 0 fully saturated rings. The molecule has 0 amide bonds. The number of nitrogens with zero attached hydrogens (tertiary/aromatic N) is 4. The number of para-hydroxylation sites is 2. The summed E-state index contributed by atoms with van der Waals surface area (Å²) in [6.07, 6.45) is 0.944. The fourth-order valence-corrected chi connectivity index (χ4v) is 3.30. The summed E-state index contributed by atoms with van der Waals surface area (Å²) >= 11 is 0. The van der Waals surface area contributed by atoms with Gasteiger partial charge in [-0.25, -0.2) is 4.98 Å². The fourth-order valence-electron chi connectivity index (χ4n) is 3.30. The van der Waals surface area contributed by atoms with Crippen molar-refractivity contribution in [1.82, 2.24) is 14.5 Å². The van der Waals surface area contributed by atoms with Crippen LogP contribution in [-0.4, -0.2) is 33.4 Å². The van der Waals surface area contributed by atoms with Gasteiger partial charge in [0.05, 0.1) is 17.6 Å². The maximum absolute atomic E-state index is 12.8. The highest BCUT2D eigenvalue weighted by molar-refractivity contribution is 5.92. The average molecular weight is 316 g/mol. The highest BCUT2D eigenvalue weighted by Gasteiger charge is 2.22. The molecule has 1 aliphatic rings. The molecule has 0 N–H and O–H groups in total. The molecular formula is C19H16N4O. The Hall–Kier alpha value is -2.97. The van der Waals surface area contributed by atoms with Crippen LogP contribution in [0.15, 0.2) is 48.5 Å². The molecule has 0 bridgehead atoms. The van der Waals surface area contributed by atoms with E-state index in [1.807, 2.05) is 36.4 Å². The van der Waals surface area contributed by atoms with Crippen LogP contribution in [0, 0.1) is 11.3 Å². The third-order valence-electron chi connectivity index (χ3n) is 4.48. The third-order valence-corrected chi connectivity index (χ3v) is 4.48. The smallest absolute Gasteiger partial charge is 0.247 e. The van der Waals surface area contributed by atoms with Crippen molar-refractivity contribution in [3.63, 3.8) is 0 Å². The van der Waals surface area contributed by atoms with Crippen molar-refractivity contribution in [1.29, 1.82) is 5.26 Å². The number of fused-ring (bicyclic) bond motifs is 2. The van der Waals surface area contributed by atoms with Gasteiger partial charge in [-0.05, 0) is 29.7 Å². The predicted octanol–water partition coefficient (Wildman–Crippen LogP) is 2.61. The molecule has 0 unspecified atom stereocenters. The molecule has 2 heterocycles. The van der Waals surface area contributed by atoms with Crippen LogP contribution in [0.3, 0.4) is 0 Å². The molecule has 2 aromatic carbocycles. The summed E-state index contributed by atoms with van der Waals surface area (Å²) < 4.78 is 1.44. The van der Waals surface area contributed by atoms with Crippen LogP contribution in [0.2, 0.25) is 0 Å². The van der Waals surface area contributed by atoms with E-state index in [1.54, 1.807) is 0 Å². The summed E-state index contributed by atoms with van der Waals surface area (Å²) in [4.78, 5) is 19.2. The molecule has 1 aliphatic heterocycles. The lowest BCUT2D eigenvalue weighted by molar-refractivity contribution is 0.0842. The molecule has 0 saturated heterocycles. The molecule has 0 radical (unpaired) electrons. The predicted molar refractivity (Wildman–Crippen MR) is 90.5 cm³/mol. The van der Waals surface area contributed by atoms with Gasteiger partial charge < -0.3 is 0 Å². The molecule has 118 valence electrons. The van der Waals surface area contributed by atoms with Gasteiger partial charge in [-0.15, -0.1) is 0 Å². The maximum atomic E-state index is 12.8. The number of benzene rings is 2. The number of carbonyl (C=O) groups excluding carboxylic acids is 1. The quantitative estimate of drug-likeness (QED) is 0.729. The Bertz CT molecular complexity index is 967. The zero-order valence-electron chi connectivity index (χ0n) is 13.1. The van der Waals surface area contributed by atoms with Gasteiger partial charge in [0.1, 0.15) is 6.07 Å². The van der Waals surface area contributed by atoms with Crippen molar-refractivity contribution >= 4 is 16.9 Å². The highest BCUT2D eigenvalue weighted by atomic mass is 16.2. The Labute approximate surface area is 139 Å². The SMILES string of the molecule is N#Cc1nc2ccccc2n1C(=O)CN1CCc2ccccc2C1. The monoisotopic (exact) mass is 316 g/mol. The standard InChI is InChI=1S/C19H16N4O/c20-11-18-21-16-7-3-4-8-17(16)23(18)19(24)13-22-10-9-14-5-1-2-6-15(14)12-22/h1-8H,9-10,12-13H2. The molecular weight excluding hydrogens is 300 g/mol. The summed E-state index contributed by atoms with van der Waals surface area (Å²) in [7, 11) is 0. The van der Waals surface area contributed by atoms with E-state index in [4.69, 9.17) is 0 Å². The van der Waals surface area contributed by atoms with Crippen molar-refractivity contribution < 1.29 is 4.79 Å². The molecule has 4 rings (SSSR count). The molecule has 0 saturated carbocycles. The second kappa shape index (κ2) is 5.91. The van der Waals surface area contributed by atoms with E-state index in [1.165, 1.54) is 15.7 Å². The minimum absolute atomic E-state index is 0.111. The van der Waals surface area contributed by atoms with Crippen LogP contribution in [0.5, 0.6) is 0 Å². The fraction of sp³-hybridized carbons (Fsp3) is 0.211. The lowest BCUT2D eigenvalue weighted by Gasteiger charge is -2.28. The van der Waals surface area contributed by atoms with Crippen LogP contribution in [0.4, 0.5) is 0 Å². The number of rotatable bonds is 2. The van der Waals surface area contributed by atoms with E-state index in [-0.39, 0.29) is 18.3 Å². The van der Waals surface area contributed by atoms with Crippen molar-refractivity contribution in [3.05, 3.63) is 65.5 Å². The maximum Gasteiger partial charge on any atom is 0.247 e. The average Bonchev–Trinajstić information content (AvgIpc) is 3.00. The number of imidazole rings is 1. The molecule has 5 nitrogen and oxygen atoms in total. The van der Waals surface area contributed by atoms with E-state index >= 15 is 0 Å². The zero-order chi connectivity index (χ0) is 16.5. The Balaban J connectivity index is 1.61. The van der Waals surface area contributed by atoms with E-state index in [2.05, 4.69) is 28.1 Å². The van der Waals surface area contributed by atoms with Crippen LogP contribution in [0.1, 0.15) is 21.7 Å². The van der Waals surface area contributed by atoms with Crippen LogP contribution >= 0.6 is 0 Å². The topological polar surface area (TPSA) is 61.9 Å². The lowest BCUT2D eigenvalue weighted by Crippen LogP contribution is -2.36. The largest absolute Gasteiger partial charge is 0.290 e.